The van der Waals surface area contributed by atoms with Crippen LogP contribution in [0.1, 0.15) is 37.8 Å². The van der Waals surface area contributed by atoms with Gasteiger partial charge in [-0.05, 0) is 48.7 Å². The van der Waals surface area contributed by atoms with Gasteiger partial charge in [0.1, 0.15) is 11.9 Å². The van der Waals surface area contributed by atoms with Crippen LogP contribution in [0.2, 0.25) is 0 Å². The van der Waals surface area contributed by atoms with Crippen LogP contribution in [0.5, 0.6) is 0 Å². The van der Waals surface area contributed by atoms with Crippen LogP contribution in [-0.2, 0) is 22.7 Å². The number of hydrogen-bond donors (Lipinski definition) is 1. The number of hydrogen-bond acceptors (Lipinski definition) is 3. The summed E-state index contributed by atoms with van der Waals surface area (Å²) in [5.74, 6) is -0.653. The van der Waals surface area contributed by atoms with Gasteiger partial charge in [-0.25, -0.2) is 4.39 Å². The van der Waals surface area contributed by atoms with E-state index in [0.29, 0.717) is 19.4 Å². The van der Waals surface area contributed by atoms with Crippen molar-refractivity contribution < 1.29 is 14.0 Å². The minimum Gasteiger partial charge on any atom is -0.350 e. The molecular weight excluding hydrogens is 333 g/mol. The summed E-state index contributed by atoms with van der Waals surface area (Å²) in [5.41, 5.74) is 1.72. The number of halogens is 1. The van der Waals surface area contributed by atoms with Crippen LogP contribution in [0.15, 0.2) is 48.8 Å². The van der Waals surface area contributed by atoms with Crippen LogP contribution in [0.4, 0.5) is 4.39 Å². The lowest BCUT2D eigenvalue weighted by molar-refractivity contribution is -0.140. The summed E-state index contributed by atoms with van der Waals surface area (Å²) < 4.78 is 13.1. The predicted molar refractivity (Wildman–Crippen MR) is 97.4 cm³/mol. The van der Waals surface area contributed by atoms with Crippen LogP contribution in [-0.4, -0.2) is 27.7 Å². The van der Waals surface area contributed by atoms with Crippen LogP contribution < -0.4 is 5.32 Å². The molecule has 1 heterocycles. The van der Waals surface area contributed by atoms with E-state index in [1.54, 1.807) is 36.4 Å². The maximum Gasteiger partial charge on any atom is 0.242 e. The van der Waals surface area contributed by atoms with E-state index in [2.05, 4.69) is 10.3 Å². The standard InChI is InChI=1S/C20H24FN3O2/c1-3-4-19(25)24(14-17-5-7-18(21)8-6-17)15(2)20(26)23-13-16-9-11-22-12-10-16/h5-12,15H,3-4,13-14H2,1-2H3,(H,23,26)/t15-/m1/s1. The van der Waals surface area contributed by atoms with Crippen molar-refractivity contribution >= 4 is 11.8 Å². The SMILES string of the molecule is CCCC(=O)N(Cc1ccc(F)cc1)[C@H](C)C(=O)NCc1ccncc1. The first-order valence-corrected chi connectivity index (χ1v) is 8.71. The zero-order valence-electron chi connectivity index (χ0n) is 15.1. The van der Waals surface area contributed by atoms with Crippen molar-refractivity contribution in [3.63, 3.8) is 0 Å². The van der Waals surface area contributed by atoms with Gasteiger partial charge in [-0.15, -0.1) is 0 Å². The minimum absolute atomic E-state index is 0.0941. The Labute approximate surface area is 153 Å². The van der Waals surface area contributed by atoms with Gasteiger partial charge in [0.05, 0.1) is 0 Å². The number of pyridine rings is 1. The number of nitrogens with zero attached hydrogens (tertiary/aromatic N) is 2. The van der Waals surface area contributed by atoms with Crippen LogP contribution in [0.25, 0.3) is 0 Å². The van der Waals surface area contributed by atoms with Gasteiger partial charge in [-0.3, -0.25) is 14.6 Å². The van der Waals surface area contributed by atoms with Gasteiger partial charge >= 0.3 is 0 Å². The quantitative estimate of drug-likeness (QED) is 0.790. The van der Waals surface area contributed by atoms with Crippen molar-refractivity contribution in [2.45, 2.75) is 45.8 Å². The Morgan fingerprint density at radius 3 is 2.38 bits per heavy atom. The minimum atomic E-state index is -0.624. The van der Waals surface area contributed by atoms with Gasteiger partial charge in [0, 0.05) is 31.9 Å². The summed E-state index contributed by atoms with van der Waals surface area (Å²) in [4.78, 5) is 30.5. The molecule has 5 nitrogen and oxygen atoms in total. The fraction of sp³-hybridized carbons (Fsp3) is 0.350. The van der Waals surface area contributed by atoms with Gasteiger partial charge in [-0.2, -0.15) is 0 Å². The summed E-state index contributed by atoms with van der Waals surface area (Å²) >= 11 is 0. The molecule has 0 unspecified atom stereocenters. The Morgan fingerprint density at radius 2 is 1.77 bits per heavy atom. The van der Waals surface area contributed by atoms with Gasteiger partial charge in [-0.1, -0.05) is 19.1 Å². The normalized spacial score (nSPS) is 11.7. The third-order valence-corrected chi connectivity index (χ3v) is 4.11. The second-order valence-corrected chi connectivity index (χ2v) is 6.15. The summed E-state index contributed by atoms with van der Waals surface area (Å²) in [5, 5.41) is 2.85. The number of nitrogens with one attached hydrogen (secondary N) is 1. The molecule has 0 aliphatic rings. The number of aromatic nitrogens is 1. The Kier molecular flexibility index (Phi) is 7.26. The summed E-state index contributed by atoms with van der Waals surface area (Å²) in [7, 11) is 0. The zero-order valence-corrected chi connectivity index (χ0v) is 15.1. The van der Waals surface area contributed by atoms with E-state index in [9.17, 15) is 14.0 Å². The number of carbonyl (C=O) groups excluding carboxylic acids is 2. The van der Waals surface area contributed by atoms with E-state index in [0.717, 1.165) is 11.1 Å². The molecule has 0 saturated heterocycles. The highest BCUT2D eigenvalue weighted by atomic mass is 19.1. The largest absolute Gasteiger partial charge is 0.350 e. The number of rotatable bonds is 8. The van der Waals surface area contributed by atoms with Crippen molar-refractivity contribution in [3.8, 4) is 0 Å². The maximum atomic E-state index is 13.1. The number of amides is 2. The number of benzene rings is 1. The van der Waals surface area contributed by atoms with Gasteiger partial charge < -0.3 is 10.2 Å². The molecule has 26 heavy (non-hydrogen) atoms. The molecular formula is C20H24FN3O2. The maximum absolute atomic E-state index is 13.1. The first-order valence-electron chi connectivity index (χ1n) is 8.71. The molecule has 1 atom stereocenters. The topological polar surface area (TPSA) is 62.3 Å². The van der Waals surface area contributed by atoms with Crippen LogP contribution in [0, 0.1) is 5.82 Å². The highest BCUT2D eigenvalue weighted by Crippen LogP contribution is 2.13. The molecule has 1 aromatic carbocycles. The number of carbonyl (C=O) groups is 2. The van der Waals surface area contributed by atoms with Gasteiger partial charge in [0.25, 0.3) is 0 Å². The monoisotopic (exact) mass is 357 g/mol. The van der Waals surface area contributed by atoms with Crippen molar-refractivity contribution in [3.05, 3.63) is 65.7 Å². The molecule has 6 heteroatoms. The van der Waals surface area contributed by atoms with Gasteiger partial charge in [0.2, 0.25) is 11.8 Å². The average Bonchev–Trinajstić information content (AvgIpc) is 2.66. The lowest BCUT2D eigenvalue weighted by Crippen LogP contribution is -2.47. The van der Waals surface area contributed by atoms with Crippen molar-refractivity contribution in [1.82, 2.24) is 15.2 Å². The third-order valence-electron chi connectivity index (χ3n) is 4.11. The lowest BCUT2D eigenvalue weighted by atomic mass is 10.1. The predicted octanol–water partition coefficient (Wildman–Crippen LogP) is 3.05. The molecule has 2 rings (SSSR count). The average molecular weight is 357 g/mol. The Bertz CT molecular complexity index is 720. The molecule has 138 valence electrons. The van der Waals surface area contributed by atoms with Crippen molar-refractivity contribution in [2.24, 2.45) is 0 Å². The van der Waals surface area contributed by atoms with E-state index in [1.807, 2.05) is 19.1 Å². The van der Waals surface area contributed by atoms with Crippen LogP contribution >= 0.6 is 0 Å². The molecule has 1 aromatic heterocycles. The molecule has 0 saturated carbocycles. The van der Waals surface area contributed by atoms with E-state index in [4.69, 9.17) is 0 Å². The molecule has 0 bridgehead atoms. The first kappa shape index (κ1) is 19.6. The fourth-order valence-electron chi connectivity index (χ4n) is 2.56. The second-order valence-electron chi connectivity index (χ2n) is 6.15. The molecule has 0 radical (unpaired) electrons. The molecule has 0 spiro atoms. The zero-order chi connectivity index (χ0) is 18.9. The summed E-state index contributed by atoms with van der Waals surface area (Å²) in [6.45, 7) is 4.27. The second kappa shape index (κ2) is 9.65. The fourth-order valence-corrected chi connectivity index (χ4v) is 2.56. The molecule has 0 fully saturated rings. The molecule has 2 aromatic rings. The molecule has 1 N–H and O–H groups in total. The molecule has 0 aliphatic heterocycles. The Hall–Kier alpha value is -2.76. The first-order chi connectivity index (χ1) is 12.5. The van der Waals surface area contributed by atoms with Crippen molar-refractivity contribution in [2.75, 3.05) is 0 Å². The van der Waals surface area contributed by atoms with Gasteiger partial charge in [0.15, 0.2) is 0 Å². The Balaban J connectivity index is 2.05. The van der Waals surface area contributed by atoms with E-state index < -0.39 is 6.04 Å². The smallest absolute Gasteiger partial charge is 0.242 e. The van der Waals surface area contributed by atoms with E-state index in [1.165, 1.54) is 12.1 Å². The Morgan fingerprint density at radius 1 is 1.12 bits per heavy atom. The molecule has 0 aliphatic carbocycles. The lowest BCUT2D eigenvalue weighted by Gasteiger charge is -2.28. The summed E-state index contributed by atoms with van der Waals surface area (Å²) in [6.07, 6.45) is 4.39. The van der Waals surface area contributed by atoms with Crippen LogP contribution in [0.3, 0.4) is 0 Å². The van der Waals surface area contributed by atoms with E-state index >= 15 is 0 Å². The highest BCUT2D eigenvalue weighted by molar-refractivity contribution is 5.87. The van der Waals surface area contributed by atoms with Crippen molar-refractivity contribution in [1.29, 1.82) is 0 Å². The highest BCUT2D eigenvalue weighted by Gasteiger charge is 2.25. The third kappa shape index (κ3) is 5.65. The van der Waals surface area contributed by atoms with E-state index in [-0.39, 0.29) is 24.2 Å². The molecule has 2 amide bonds. The summed E-state index contributed by atoms with van der Waals surface area (Å²) in [6, 6.07) is 8.98.